The van der Waals surface area contributed by atoms with Crippen molar-refractivity contribution < 1.29 is 13.9 Å². The molecule has 2 amide bonds. The molecule has 5 nitrogen and oxygen atoms in total. The zero-order valence-corrected chi connectivity index (χ0v) is 14.8. The molecule has 1 N–H and O–H groups in total. The molecule has 1 aromatic rings. The second kappa shape index (κ2) is 8.87. The molecule has 0 atom stereocenters. The van der Waals surface area contributed by atoms with Crippen LogP contribution in [-0.2, 0) is 0 Å². The molecule has 24 heavy (non-hydrogen) atoms. The Hall–Kier alpha value is -1.82. The summed E-state index contributed by atoms with van der Waals surface area (Å²) < 4.78 is 18.6. The van der Waals surface area contributed by atoms with Crippen LogP contribution in [0.15, 0.2) is 18.2 Å². The number of likely N-dealkylation sites (tertiary alicyclic amines) is 1. The van der Waals surface area contributed by atoms with E-state index in [1.807, 2.05) is 0 Å². The van der Waals surface area contributed by atoms with E-state index in [-0.39, 0.29) is 11.8 Å². The van der Waals surface area contributed by atoms with Crippen LogP contribution in [0.25, 0.3) is 0 Å². The molecular formula is C18H28FN3O2. The monoisotopic (exact) mass is 337 g/mol. The van der Waals surface area contributed by atoms with E-state index in [9.17, 15) is 9.18 Å². The standard InChI is InChI=1S/C18H28FN3O2/c1-4-21(5-2)13-14-8-10-22(11-9-14)18(23)20-15-6-7-17(24-3)16(19)12-15/h6-7,12,14H,4-5,8-11,13H2,1-3H3,(H,20,23). The number of benzene rings is 1. The van der Waals surface area contributed by atoms with Crippen molar-refractivity contribution in [1.82, 2.24) is 9.80 Å². The van der Waals surface area contributed by atoms with Crippen molar-refractivity contribution in [2.75, 3.05) is 45.2 Å². The lowest BCUT2D eigenvalue weighted by molar-refractivity contribution is 0.158. The highest BCUT2D eigenvalue weighted by atomic mass is 19.1. The number of hydrogen-bond acceptors (Lipinski definition) is 3. The predicted octanol–water partition coefficient (Wildman–Crippen LogP) is 3.42. The van der Waals surface area contributed by atoms with Crippen molar-refractivity contribution in [3.63, 3.8) is 0 Å². The number of nitrogens with one attached hydrogen (secondary N) is 1. The van der Waals surface area contributed by atoms with Crippen LogP contribution in [0, 0.1) is 11.7 Å². The van der Waals surface area contributed by atoms with E-state index in [1.165, 1.54) is 19.2 Å². The summed E-state index contributed by atoms with van der Waals surface area (Å²) in [5, 5.41) is 2.76. The van der Waals surface area contributed by atoms with Gasteiger partial charge in [-0.3, -0.25) is 0 Å². The van der Waals surface area contributed by atoms with Crippen molar-refractivity contribution in [3.8, 4) is 5.75 Å². The van der Waals surface area contributed by atoms with Crippen LogP contribution < -0.4 is 10.1 Å². The van der Waals surface area contributed by atoms with Crippen LogP contribution in [0.1, 0.15) is 26.7 Å². The van der Waals surface area contributed by atoms with Gasteiger partial charge < -0.3 is 19.9 Å². The van der Waals surface area contributed by atoms with Crippen LogP contribution in [-0.4, -0.2) is 55.7 Å². The first kappa shape index (κ1) is 18.5. The van der Waals surface area contributed by atoms with Crippen LogP contribution >= 0.6 is 0 Å². The molecule has 0 unspecified atom stereocenters. The fourth-order valence-electron chi connectivity index (χ4n) is 3.11. The van der Waals surface area contributed by atoms with E-state index in [1.54, 1.807) is 11.0 Å². The molecule has 1 fully saturated rings. The average molecular weight is 337 g/mol. The van der Waals surface area contributed by atoms with Gasteiger partial charge in [0.2, 0.25) is 0 Å². The maximum absolute atomic E-state index is 13.7. The van der Waals surface area contributed by atoms with Gasteiger partial charge in [-0.05, 0) is 44.0 Å². The Morgan fingerprint density at radius 2 is 2.00 bits per heavy atom. The highest BCUT2D eigenvalue weighted by Gasteiger charge is 2.24. The fourth-order valence-corrected chi connectivity index (χ4v) is 3.11. The minimum Gasteiger partial charge on any atom is -0.494 e. The highest BCUT2D eigenvalue weighted by Crippen LogP contribution is 2.22. The van der Waals surface area contributed by atoms with Crippen LogP contribution in [0.4, 0.5) is 14.9 Å². The fraction of sp³-hybridized carbons (Fsp3) is 0.611. The van der Waals surface area contributed by atoms with E-state index in [0.717, 1.165) is 45.6 Å². The van der Waals surface area contributed by atoms with Gasteiger partial charge >= 0.3 is 6.03 Å². The Balaban J connectivity index is 1.83. The highest BCUT2D eigenvalue weighted by molar-refractivity contribution is 5.89. The van der Waals surface area contributed by atoms with E-state index in [4.69, 9.17) is 4.74 Å². The Morgan fingerprint density at radius 1 is 1.33 bits per heavy atom. The summed E-state index contributed by atoms with van der Waals surface area (Å²) in [5.41, 5.74) is 0.448. The largest absolute Gasteiger partial charge is 0.494 e. The number of piperidine rings is 1. The Kier molecular flexibility index (Phi) is 6.85. The van der Waals surface area contributed by atoms with Gasteiger partial charge in [0.1, 0.15) is 0 Å². The summed E-state index contributed by atoms with van der Waals surface area (Å²) in [6, 6.07) is 4.28. The number of nitrogens with zero attached hydrogens (tertiary/aromatic N) is 2. The summed E-state index contributed by atoms with van der Waals surface area (Å²) in [5.74, 6) is 0.339. The third kappa shape index (κ3) is 4.84. The summed E-state index contributed by atoms with van der Waals surface area (Å²) in [6.07, 6.45) is 2.03. The molecular weight excluding hydrogens is 309 g/mol. The first-order valence-corrected chi connectivity index (χ1v) is 8.69. The lowest BCUT2D eigenvalue weighted by atomic mass is 9.96. The first-order chi connectivity index (χ1) is 11.6. The van der Waals surface area contributed by atoms with Crippen molar-refractivity contribution in [2.45, 2.75) is 26.7 Å². The van der Waals surface area contributed by atoms with Gasteiger partial charge in [-0.25, -0.2) is 9.18 Å². The van der Waals surface area contributed by atoms with Crippen molar-refractivity contribution in [1.29, 1.82) is 0 Å². The minimum absolute atomic E-state index is 0.166. The summed E-state index contributed by atoms with van der Waals surface area (Å²) in [4.78, 5) is 16.6. The average Bonchev–Trinajstić information content (AvgIpc) is 2.60. The van der Waals surface area contributed by atoms with Crippen molar-refractivity contribution >= 4 is 11.7 Å². The molecule has 0 spiro atoms. The SMILES string of the molecule is CCN(CC)CC1CCN(C(=O)Nc2ccc(OC)c(F)c2)CC1. The Labute approximate surface area is 143 Å². The van der Waals surface area contributed by atoms with Gasteiger partial charge in [0.15, 0.2) is 11.6 Å². The number of carbonyl (C=O) groups excluding carboxylic acids is 1. The molecule has 0 aromatic heterocycles. The molecule has 0 radical (unpaired) electrons. The van der Waals surface area contributed by atoms with E-state index in [2.05, 4.69) is 24.1 Å². The summed E-state index contributed by atoms with van der Waals surface area (Å²) in [7, 11) is 1.42. The number of rotatable bonds is 6. The number of halogens is 1. The molecule has 1 heterocycles. The normalized spacial score (nSPS) is 15.6. The second-order valence-electron chi connectivity index (χ2n) is 6.20. The predicted molar refractivity (Wildman–Crippen MR) is 94.1 cm³/mol. The molecule has 0 aliphatic carbocycles. The van der Waals surface area contributed by atoms with Gasteiger partial charge in [0, 0.05) is 31.4 Å². The molecule has 1 saturated heterocycles. The maximum atomic E-state index is 13.7. The third-order valence-electron chi connectivity index (χ3n) is 4.72. The number of methoxy groups -OCH3 is 1. The van der Waals surface area contributed by atoms with Gasteiger partial charge in [-0.2, -0.15) is 0 Å². The van der Waals surface area contributed by atoms with E-state index in [0.29, 0.717) is 11.6 Å². The van der Waals surface area contributed by atoms with Crippen LogP contribution in [0.5, 0.6) is 5.75 Å². The number of hydrogen-bond donors (Lipinski definition) is 1. The summed E-state index contributed by atoms with van der Waals surface area (Å²) >= 11 is 0. The number of anilines is 1. The van der Waals surface area contributed by atoms with E-state index >= 15 is 0 Å². The number of ether oxygens (including phenoxy) is 1. The molecule has 0 bridgehead atoms. The van der Waals surface area contributed by atoms with Crippen molar-refractivity contribution in [2.24, 2.45) is 5.92 Å². The van der Waals surface area contributed by atoms with Gasteiger partial charge in [-0.15, -0.1) is 0 Å². The molecule has 1 aliphatic heterocycles. The summed E-state index contributed by atoms with van der Waals surface area (Å²) in [6.45, 7) is 9.10. The van der Waals surface area contributed by atoms with Crippen LogP contribution in [0.3, 0.4) is 0 Å². The molecule has 2 rings (SSSR count). The maximum Gasteiger partial charge on any atom is 0.321 e. The molecule has 0 saturated carbocycles. The van der Waals surface area contributed by atoms with Gasteiger partial charge in [-0.1, -0.05) is 13.8 Å². The molecule has 134 valence electrons. The second-order valence-corrected chi connectivity index (χ2v) is 6.20. The first-order valence-electron chi connectivity index (χ1n) is 8.69. The lowest BCUT2D eigenvalue weighted by Gasteiger charge is -2.34. The zero-order valence-electron chi connectivity index (χ0n) is 14.8. The van der Waals surface area contributed by atoms with Crippen molar-refractivity contribution in [3.05, 3.63) is 24.0 Å². The molecule has 6 heteroatoms. The number of amides is 2. The quantitative estimate of drug-likeness (QED) is 0.865. The topological polar surface area (TPSA) is 44.8 Å². The molecule has 1 aliphatic rings. The van der Waals surface area contributed by atoms with E-state index < -0.39 is 5.82 Å². The van der Waals surface area contributed by atoms with Gasteiger partial charge in [0.05, 0.1) is 7.11 Å². The van der Waals surface area contributed by atoms with Crippen LogP contribution in [0.2, 0.25) is 0 Å². The smallest absolute Gasteiger partial charge is 0.321 e. The number of carbonyl (C=O) groups is 1. The zero-order chi connectivity index (χ0) is 17.5. The van der Waals surface area contributed by atoms with Gasteiger partial charge in [0.25, 0.3) is 0 Å². The third-order valence-corrected chi connectivity index (χ3v) is 4.72. The molecule has 1 aromatic carbocycles. The Morgan fingerprint density at radius 3 is 2.54 bits per heavy atom. The lowest BCUT2D eigenvalue weighted by Crippen LogP contribution is -2.43. The number of urea groups is 1. The Bertz CT molecular complexity index is 541. The minimum atomic E-state index is -0.478.